The minimum Gasteiger partial charge on any atom is -0.393 e. The van der Waals surface area contributed by atoms with E-state index in [0.29, 0.717) is 30.7 Å². The average molecular weight is 444 g/mol. The molecular weight excluding hydrogens is 414 g/mol. The van der Waals surface area contributed by atoms with Gasteiger partial charge in [0.15, 0.2) is 0 Å². The minimum absolute atomic E-state index is 0.0906. The summed E-state index contributed by atoms with van der Waals surface area (Å²) in [7, 11) is -3.66. The van der Waals surface area contributed by atoms with E-state index in [1.165, 1.54) is 4.31 Å². The summed E-state index contributed by atoms with van der Waals surface area (Å²) >= 11 is 0. The monoisotopic (exact) mass is 443 g/mol. The fraction of sp³-hybridized carbons (Fsp3) is 0.522. The Morgan fingerprint density at radius 3 is 2.48 bits per heavy atom. The van der Waals surface area contributed by atoms with Crippen molar-refractivity contribution in [3.05, 3.63) is 42.5 Å². The lowest BCUT2D eigenvalue weighted by atomic mass is 10.0. The van der Waals surface area contributed by atoms with Crippen molar-refractivity contribution in [1.29, 1.82) is 0 Å². The number of carbonyl (C=O) groups is 1. The van der Waals surface area contributed by atoms with Crippen LogP contribution in [0.2, 0.25) is 0 Å². The Balaban J connectivity index is 1.32. The first-order valence-electron chi connectivity index (χ1n) is 11.2. The molecule has 3 saturated heterocycles. The number of benzene rings is 2. The number of sulfonamides is 1. The van der Waals surface area contributed by atoms with Crippen molar-refractivity contribution < 1.29 is 18.3 Å². The highest BCUT2D eigenvalue weighted by atomic mass is 32.2. The molecule has 31 heavy (non-hydrogen) atoms. The summed E-state index contributed by atoms with van der Waals surface area (Å²) in [6.07, 6.45) is 4.28. The molecule has 3 aliphatic rings. The highest BCUT2D eigenvalue weighted by Gasteiger charge is 2.43. The number of fused-ring (bicyclic) bond motifs is 3. The molecule has 2 N–H and O–H groups in total. The minimum atomic E-state index is -3.66. The number of carbonyl (C=O) groups excluding carboxylic acids is 1. The first-order valence-corrected chi connectivity index (χ1v) is 12.6. The normalized spacial score (nSPS) is 29.3. The highest BCUT2D eigenvalue weighted by molar-refractivity contribution is 7.89. The maximum Gasteiger partial charge on any atom is 0.318 e. The zero-order valence-electron chi connectivity index (χ0n) is 17.5. The number of amides is 2. The lowest BCUT2D eigenvalue weighted by molar-refractivity contribution is 0.0528. The van der Waals surface area contributed by atoms with Gasteiger partial charge in [-0.1, -0.05) is 36.4 Å². The molecule has 2 aromatic carbocycles. The van der Waals surface area contributed by atoms with Crippen LogP contribution in [0.5, 0.6) is 0 Å². The number of nitrogens with one attached hydrogen (secondary N) is 1. The number of nitrogens with zero attached hydrogens (tertiary/aromatic N) is 2. The summed E-state index contributed by atoms with van der Waals surface area (Å²) in [5, 5.41) is 14.7. The van der Waals surface area contributed by atoms with Gasteiger partial charge in [0.1, 0.15) is 0 Å². The molecule has 0 aromatic heterocycles. The molecule has 3 atom stereocenters. The Morgan fingerprint density at radius 2 is 1.71 bits per heavy atom. The van der Waals surface area contributed by atoms with Gasteiger partial charge in [-0.3, -0.25) is 0 Å². The third-order valence-corrected chi connectivity index (χ3v) is 8.95. The van der Waals surface area contributed by atoms with Gasteiger partial charge in [0.2, 0.25) is 10.0 Å². The molecule has 2 amide bonds. The number of hydrogen-bond acceptors (Lipinski definition) is 4. The predicted molar refractivity (Wildman–Crippen MR) is 118 cm³/mol. The average Bonchev–Trinajstić information content (AvgIpc) is 3.05. The van der Waals surface area contributed by atoms with Crippen LogP contribution in [-0.4, -0.2) is 66.1 Å². The van der Waals surface area contributed by atoms with E-state index in [2.05, 4.69) is 5.32 Å². The van der Waals surface area contributed by atoms with Crippen molar-refractivity contribution in [1.82, 2.24) is 14.5 Å². The van der Waals surface area contributed by atoms with Crippen LogP contribution in [0.25, 0.3) is 10.8 Å². The first kappa shape index (κ1) is 20.7. The van der Waals surface area contributed by atoms with E-state index in [9.17, 15) is 18.3 Å². The van der Waals surface area contributed by atoms with Gasteiger partial charge >= 0.3 is 6.03 Å². The molecule has 7 nitrogen and oxygen atoms in total. The van der Waals surface area contributed by atoms with Gasteiger partial charge in [-0.05, 0) is 50.0 Å². The summed E-state index contributed by atoms with van der Waals surface area (Å²) in [5.74, 6) is 0. The molecule has 0 unspecified atom stereocenters. The molecule has 3 heterocycles. The lowest BCUT2D eigenvalue weighted by Gasteiger charge is -2.39. The van der Waals surface area contributed by atoms with Gasteiger partial charge in [-0.25, -0.2) is 13.2 Å². The largest absolute Gasteiger partial charge is 0.393 e. The van der Waals surface area contributed by atoms with Crippen molar-refractivity contribution in [2.75, 3.05) is 13.1 Å². The molecular formula is C23H29N3O4S. The van der Waals surface area contributed by atoms with Crippen LogP contribution in [0.1, 0.15) is 38.5 Å². The van der Waals surface area contributed by atoms with Gasteiger partial charge in [-0.2, -0.15) is 4.31 Å². The van der Waals surface area contributed by atoms with E-state index in [1.807, 2.05) is 35.2 Å². The van der Waals surface area contributed by atoms with Crippen molar-refractivity contribution in [3.8, 4) is 0 Å². The van der Waals surface area contributed by atoms with Gasteiger partial charge in [0.05, 0.1) is 11.0 Å². The Bertz CT molecular complexity index is 1070. The number of aliphatic hydroxyl groups excluding tert-OH is 1. The Labute approximate surface area is 183 Å². The van der Waals surface area contributed by atoms with E-state index < -0.39 is 10.0 Å². The van der Waals surface area contributed by atoms with Gasteiger partial charge in [0.25, 0.3) is 0 Å². The molecule has 0 saturated carbocycles. The fourth-order valence-corrected chi connectivity index (χ4v) is 7.31. The quantitative estimate of drug-likeness (QED) is 0.763. The number of hydrogen-bond donors (Lipinski definition) is 2. The summed E-state index contributed by atoms with van der Waals surface area (Å²) in [6.45, 7) is 0.738. The van der Waals surface area contributed by atoms with Gasteiger partial charge in [0, 0.05) is 36.6 Å². The summed E-state index contributed by atoms with van der Waals surface area (Å²) in [4.78, 5) is 15.2. The van der Waals surface area contributed by atoms with E-state index >= 15 is 0 Å². The third-order valence-electron chi connectivity index (χ3n) is 7.02. The fourth-order valence-electron chi connectivity index (χ4n) is 5.57. The number of rotatable bonds is 3. The van der Waals surface area contributed by atoms with Crippen LogP contribution in [-0.2, 0) is 10.0 Å². The maximum absolute atomic E-state index is 13.5. The highest BCUT2D eigenvalue weighted by Crippen LogP contribution is 2.36. The van der Waals surface area contributed by atoms with Crippen molar-refractivity contribution in [2.45, 2.75) is 67.6 Å². The molecule has 2 bridgehead atoms. The van der Waals surface area contributed by atoms with Crippen LogP contribution in [0.4, 0.5) is 4.79 Å². The van der Waals surface area contributed by atoms with Crippen LogP contribution in [0.3, 0.4) is 0 Å². The van der Waals surface area contributed by atoms with Crippen molar-refractivity contribution >= 4 is 26.8 Å². The van der Waals surface area contributed by atoms with Crippen LogP contribution in [0.15, 0.2) is 47.4 Å². The van der Waals surface area contributed by atoms with E-state index in [0.717, 1.165) is 30.0 Å². The second kappa shape index (κ2) is 8.07. The molecule has 166 valence electrons. The summed E-state index contributed by atoms with van der Waals surface area (Å²) in [6, 6.07) is 12.7. The molecule has 0 radical (unpaired) electrons. The Kier molecular flexibility index (Phi) is 5.40. The number of aliphatic hydroxyl groups is 1. The SMILES string of the molecule is O=C(N[C@H]1CCCN(S(=O)(=O)c2cccc3ccccc23)C1)N1[C@H]2CC[C@H]1CC(O)C2. The Morgan fingerprint density at radius 1 is 1.00 bits per heavy atom. The number of urea groups is 1. The van der Waals surface area contributed by atoms with Crippen LogP contribution < -0.4 is 5.32 Å². The molecule has 8 heteroatoms. The lowest BCUT2D eigenvalue weighted by Crippen LogP contribution is -2.57. The predicted octanol–water partition coefficient (Wildman–Crippen LogP) is 2.69. The van der Waals surface area contributed by atoms with Gasteiger partial charge in [-0.15, -0.1) is 0 Å². The van der Waals surface area contributed by atoms with Gasteiger partial charge < -0.3 is 15.3 Å². The zero-order valence-corrected chi connectivity index (χ0v) is 18.3. The second-order valence-corrected chi connectivity index (χ2v) is 11.0. The Hall–Kier alpha value is -2.16. The third kappa shape index (κ3) is 3.81. The van der Waals surface area contributed by atoms with Crippen LogP contribution >= 0.6 is 0 Å². The first-order chi connectivity index (χ1) is 14.9. The molecule has 2 aromatic rings. The molecule has 5 rings (SSSR count). The van der Waals surface area contributed by atoms with Crippen molar-refractivity contribution in [3.63, 3.8) is 0 Å². The molecule has 3 aliphatic heterocycles. The van der Waals surface area contributed by atoms with E-state index in [-0.39, 0.29) is 36.8 Å². The topological polar surface area (TPSA) is 90.0 Å². The smallest absolute Gasteiger partial charge is 0.318 e. The molecule has 0 aliphatic carbocycles. The maximum atomic E-state index is 13.5. The molecule has 3 fully saturated rings. The standard InChI is InChI=1S/C23H29N3O4S/c27-20-13-18-10-11-19(14-20)26(18)23(28)24-17-7-4-12-25(15-17)31(29,30)22-9-3-6-16-5-1-2-8-21(16)22/h1-3,5-6,8-9,17-20,27H,4,7,10-15H2,(H,24,28)/t17-,18-,19-/m0/s1. The summed E-state index contributed by atoms with van der Waals surface area (Å²) < 4.78 is 28.4. The van der Waals surface area contributed by atoms with E-state index in [1.54, 1.807) is 12.1 Å². The van der Waals surface area contributed by atoms with Crippen LogP contribution in [0, 0.1) is 0 Å². The number of piperidine rings is 2. The summed E-state index contributed by atoms with van der Waals surface area (Å²) in [5.41, 5.74) is 0. The second-order valence-electron chi connectivity index (χ2n) is 9.05. The van der Waals surface area contributed by atoms with Crippen molar-refractivity contribution in [2.24, 2.45) is 0 Å². The molecule has 0 spiro atoms. The zero-order chi connectivity index (χ0) is 21.6. The van der Waals surface area contributed by atoms with E-state index in [4.69, 9.17) is 0 Å².